The highest BCUT2D eigenvalue weighted by Crippen LogP contribution is 2.21. The first kappa shape index (κ1) is 15.3. The molecule has 0 spiro atoms. The predicted octanol–water partition coefficient (Wildman–Crippen LogP) is 2.56. The maximum Gasteiger partial charge on any atom is 0.254 e. The highest BCUT2D eigenvalue weighted by molar-refractivity contribution is 5.94. The summed E-state index contributed by atoms with van der Waals surface area (Å²) >= 11 is 0. The van der Waals surface area contributed by atoms with E-state index in [0.29, 0.717) is 18.7 Å². The van der Waals surface area contributed by atoms with Gasteiger partial charge in [-0.1, -0.05) is 0 Å². The molecule has 0 aliphatic carbocycles. The first-order valence-electron chi connectivity index (χ1n) is 7.47. The predicted molar refractivity (Wildman–Crippen MR) is 85.1 cm³/mol. The number of carbonyl (C=O) groups excluding carboxylic acids is 1. The van der Waals surface area contributed by atoms with Crippen molar-refractivity contribution in [2.75, 3.05) is 25.5 Å². The third-order valence-corrected chi connectivity index (χ3v) is 3.91. The average molecular weight is 315 g/mol. The molecule has 1 saturated heterocycles. The molecule has 1 aliphatic rings. The van der Waals surface area contributed by atoms with Crippen molar-refractivity contribution in [1.82, 2.24) is 9.88 Å². The SMILES string of the molecule is COc1ccc(C(=O)N2CC[C@@H](Nc3cccnc3)C2)cc1F. The molecule has 1 atom stereocenters. The van der Waals surface area contributed by atoms with Crippen molar-refractivity contribution in [3.8, 4) is 5.75 Å². The van der Waals surface area contributed by atoms with E-state index in [9.17, 15) is 9.18 Å². The molecule has 2 heterocycles. The number of nitrogens with zero attached hydrogens (tertiary/aromatic N) is 2. The minimum absolute atomic E-state index is 0.138. The Morgan fingerprint density at radius 3 is 3.00 bits per heavy atom. The largest absolute Gasteiger partial charge is 0.494 e. The maximum atomic E-state index is 13.7. The van der Waals surface area contributed by atoms with Gasteiger partial charge in [-0.25, -0.2) is 4.39 Å². The Morgan fingerprint density at radius 1 is 1.43 bits per heavy atom. The molecule has 1 aliphatic heterocycles. The van der Waals surface area contributed by atoms with Gasteiger partial charge in [-0.05, 0) is 36.8 Å². The van der Waals surface area contributed by atoms with Crippen LogP contribution in [0.3, 0.4) is 0 Å². The van der Waals surface area contributed by atoms with Crippen LogP contribution in [0.2, 0.25) is 0 Å². The lowest BCUT2D eigenvalue weighted by atomic mass is 10.2. The van der Waals surface area contributed by atoms with Crippen LogP contribution in [-0.2, 0) is 0 Å². The molecule has 1 aromatic carbocycles. The number of nitrogens with one attached hydrogen (secondary N) is 1. The average Bonchev–Trinajstić information content (AvgIpc) is 3.03. The molecule has 6 heteroatoms. The first-order chi connectivity index (χ1) is 11.2. The van der Waals surface area contributed by atoms with Crippen LogP contribution in [0.1, 0.15) is 16.8 Å². The van der Waals surface area contributed by atoms with Gasteiger partial charge in [-0.3, -0.25) is 9.78 Å². The molecule has 3 rings (SSSR count). The zero-order valence-corrected chi connectivity index (χ0v) is 12.8. The lowest BCUT2D eigenvalue weighted by molar-refractivity contribution is 0.0791. The van der Waals surface area contributed by atoms with E-state index in [4.69, 9.17) is 4.74 Å². The number of hydrogen-bond donors (Lipinski definition) is 1. The van der Waals surface area contributed by atoms with Gasteiger partial charge in [0.1, 0.15) is 0 Å². The number of likely N-dealkylation sites (tertiary alicyclic amines) is 1. The van der Waals surface area contributed by atoms with Crippen LogP contribution in [0, 0.1) is 5.82 Å². The molecule has 2 aromatic rings. The number of amides is 1. The fraction of sp³-hybridized carbons (Fsp3) is 0.294. The standard InChI is InChI=1S/C17H18FN3O2/c1-23-16-5-4-12(9-15(16)18)17(22)21-8-6-14(11-21)20-13-3-2-7-19-10-13/h2-5,7,9-10,14,20H,6,8,11H2,1H3/t14-/m1/s1. The van der Waals surface area contributed by atoms with E-state index in [2.05, 4.69) is 10.3 Å². The fourth-order valence-electron chi connectivity index (χ4n) is 2.73. The van der Waals surface area contributed by atoms with Crippen LogP contribution in [0.5, 0.6) is 5.75 Å². The number of methoxy groups -OCH3 is 1. The van der Waals surface area contributed by atoms with Gasteiger partial charge in [-0.15, -0.1) is 0 Å². The summed E-state index contributed by atoms with van der Waals surface area (Å²) in [6, 6.07) is 8.27. The van der Waals surface area contributed by atoms with Gasteiger partial charge in [0.05, 0.1) is 12.8 Å². The molecule has 1 amide bonds. The van der Waals surface area contributed by atoms with Gasteiger partial charge < -0.3 is 15.0 Å². The van der Waals surface area contributed by atoms with Crippen LogP contribution in [0.25, 0.3) is 0 Å². The summed E-state index contributed by atoms with van der Waals surface area (Å²) in [4.78, 5) is 18.3. The van der Waals surface area contributed by atoms with E-state index in [1.54, 1.807) is 23.4 Å². The topological polar surface area (TPSA) is 54.5 Å². The fourth-order valence-corrected chi connectivity index (χ4v) is 2.73. The van der Waals surface area contributed by atoms with E-state index in [1.807, 2.05) is 12.1 Å². The van der Waals surface area contributed by atoms with Crippen molar-refractivity contribution in [1.29, 1.82) is 0 Å². The monoisotopic (exact) mass is 315 g/mol. The van der Waals surface area contributed by atoms with E-state index in [-0.39, 0.29) is 17.7 Å². The molecule has 1 fully saturated rings. The Labute approximate surface area is 134 Å². The van der Waals surface area contributed by atoms with E-state index < -0.39 is 5.82 Å². The molecule has 1 aromatic heterocycles. The molecule has 0 unspecified atom stereocenters. The van der Waals surface area contributed by atoms with Crippen LogP contribution in [0.4, 0.5) is 10.1 Å². The summed E-state index contributed by atoms with van der Waals surface area (Å²) in [5.41, 5.74) is 1.27. The highest BCUT2D eigenvalue weighted by Gasteiger charge is 2.27. The first-order valence-corrected chi connectivity index (χ1v) is 7.47. The van der Waals surface area contributed by atoms with Gasteiger partial charge in [0.2, 0.25) is 0 Å². The number of hydrogen-bond acceptors (Lipinski definition) is 4. The Morgan fingerprint density at radius 2 is 2.30 bits per heavy atom. The van der Waals surface area contributed by atoms with Gasteiger partial charge >= 0.3 is 0 Å². The lowest BCUT2D eigenvalue weighted by Gasteiger charge is -2.18. The van der Waals surface area contributed by atoms with Gasteiger partial charge in [0.25, 0.3) is 5.91 Å². The van der Waals surface area contributed by atoms with Crippen molar-refractivity contribution < 1.29 is 13.9 Å². The molecular weight excluding hydrogens is 297 g/mol. The molecule has 120 valence electrons. The third kappa shape index (κ3) is 3.41. The summed E-state index contributed by atoms with van der Waals surface area (Å²) in [6.45, 7) is 1.23. The van der Waals surface area contributed by atoms with Crippen LogP contribution in [0.15, 0.2) is 42.7 Å². The summed E-state index contributed by atoms with van der Waals surface area (Å²) in [5, 5.41) is 3.36. The maximum absolute atomic E-state index is 13.7. The van der Waals surface area contributed by atoms with Crippen molar-refractivity contribution in [2.45, 2.75) is 12.5 Å². The number of rotatable bonds is 4. The van der Waals surface area contributed by atoms with Gasteiger partial charge in [0, 0.05) is 37.1 Å². The van der Waals surface area contributed by atoms with Gasteiger partial charge in [-0.2, -0.15) is 0 Å². The summed E-state index contributed by atoms with van der Waals surface area (Å²) < 4.78 is 18.6. The highest BCUT2D eigenvalue weighted by atomic mass is 19.1. The van der Waals surface area contributed by atoms with Crippen molar-refractivity contribution >= 4 is 11.6 Å². The van der Waals surface area contributed by atoms with Crippen LogP contribution >= 0.6 is 0 Å². The van der Waals surface area contributed by atoms with E-state index >= 15 is 0 Å². The minimum Gasteiger partial charge on any atom is -0.494 e. The molecule has 23 heavy (non-hydrogen) atoms. The van der Waals surface area contributed by atoms with Crippen molar-refractivity contribution in [3.05, 3.63) is 54.1 Å². The number of carbonyl (C=O) groups is 1. The number of anilines is 1. The molecule has 0 saturated carbocycles. The number of halogens is 1. The molecule has 0 radical (unpaired) electrons. The summed E-state index contributed by atoms with van der Waals surface area (Å²) in [6.07, 6.45) is 4.32. The lowest BCUT2D eigenvalue weighted by Crippen LogP contribution is -2.31. The minimum atomic E-state index is -0.525. The molecule has 0 bridgehead atoms. The molecule has 1 N–H and O–H groups in total. The van der Waals surface area contributed by atoms with Crippen molar-refractivity contribution in [2.24, 2.45) is 0 Å². The number of aromatic nitrogens is 1. The van der Waals surface area contributed by atoms with Crippen molar-refractivity contribution in [3.63, 3.8) is 0 Å². The Kier molecular flexibility index (Phi) is 4.41. The number of ether oxygens (including phenoxy) is 1. The smallest absolute Gasteiger partial charge is 0.254 e. The quantitative estimate of drug-likeness (QED) is 0.942. The number of benzene rings is 1. The Balaban J connectivity index is 1.64. The molecular formula is C17H18FN3O2. The molecule has 5 nitrogen and oxygen atoms in total. The Bertz CT molecular complexity index is 693. The van der Waals surface area contributed by atoms with Crippen LogP contribution < -0.4 is 10.1 Å². The normalized spacial score (nSPS) is 17.1. The third-order valence-electron chi connectivity index (χ3n) is 3.91. The second kappa shape index (κ2) is 6.64. The van der Waals surface area contributed by atoms with E-state index in [0.717, 1.165) is 12.1 Å². The summed E-state index contributed by atoms with van der Waals surface area (Å²) in [5.74, 6) is -0.552. The zero-order valence-electron chi connectivity index (χ0n) is 12.8. The van der Waals surface area contributed by atoms with Gasteiger partial charge in [0.15, 0.2) is 11.6 Å². The second-order valence-electron chi connectivity index (χ2n) is 5.47. The Hall–Kier alpha value is -2.63. The number of pyridine rings is 1. The van der Waals surface area contributed by atoms with Crippen LogP contribution in [-0.4, -0.2) is 42.0 Å². The zero-order chi connectivity index (χ0) is 16.2. The second-order valence-corrected chi connectivity index (χ2v) is 5.47. The summed E-state index contributed by atoms with van der Waals surface area (Å²) in [7, 11) is 1.40. The van der Waals surface area contributed by atoms with E-state index in [1.165, 1.54) is 19.2 Å².